The van der Waals surface area contributed by atoms with Gasteiger partial charge in [-0.2, -0.15) is 0 Å². The molecule has 0 radical (unpaired) electrons. The van der Waals surface area contributed by atoms with E-state index in [1.54, 1.807) is 12.1 Å². The molecule has 0 aliphatic carbocycles. The second-order valence-electron chi connectivity index (χ2n) is 2.63. The lowest BCUT2D eigenvalue weighted by molar-refractivity contribution is -0.117. The van der Waals surface area contributed by atoms with Crippen LogP contribution in [0.1, 0.15) is 13.3 Å². The van der Waals surface area contributed by atoms with Gasteiger partial charge in [-0.1, -0.05) is 25.1 Å². The van der Waals surface area contributed by atoms with Crippen molar-refractivity contribution in [2.45, 2.75) is 19.4 Å². The molecule has 0 saturated carbocycles. The van der Waals surface area contributed by atoms with E-state index in [1.807, 2.05) is 25.1 Å². The van der Waals surface area contributed by atoms with Crippen molar-refractivity contribution in [3.63, 3.8) is 0 Å². The quantitative estimate of drug-likeness (QED) is 0.696. The molecule has 3 heteroatoms. The molecule has 0 spiro atoms. The molecule has 1 atom stereocenters. The maximum atomic E-state index is 10.8. The van der Waals surface area contributed by atoms with Crippen molar-refractivity contribution in [3.05, 3.63) is 30.3 Å². The second kappa shape index (κ2) is 4.87. The molecule has 0 aliphatic rings. The molecule has 0 aliphatic heterocycles. The van der Waals surface area contributed by atoms with E-state index in [4.69, 9.17) is 16.3 Å². The number of ether oxygens (including phenoxy) is 1. The monoisotopic (exact) mass is 198 g/mol. The highest BCUT2D eigenvalue weighted by atomic mass is 35.5. The number of carbonyl (C=O) groups is 1. The molecule has 0 bridgehead atoms. The molecule has 1 rings (SSSR count). The zero-order valence-electron chi connectivity index (χ0n) is 7.37. The Hall–Kier alpha value is -1.02. The van der Waals surface area contributed by atoms with Crippen molar-refractivity contribution in [1.82, 2.24) is 0 Å². The first-order chi connectivity index (χ1) is 6.24. The van der Waals surface area contributed by atoms with E-state index in [2.05, 4.69) is 0 Å². The topological polar surface area (TPSA) is 26.3 Å². The van der Waals surface area contributed by atoms with E-state index in [0.29, 0.717) is 12.2 Å². The van der Waals surface area contributed by atoms with Gasteiger partial charge in [-0.05, 0) is 30.2 Å². The zero-order chi connectivity index (χ0) is 9.68. The van der Waals surface area contributed by atoms with Crippen LogP contribution in [0.3, 0.4) is 0 Å². The van der Waals surface area contributed by atoms with Crippen molar-refractivity contribution in [3.8, 4) is 5.75 Å². The Labute approximate surface area is 82.5 Å². The largest absolute Gasteiger partial charge is 0.481 e. The van der Waals surface area contributed by atoms with Crippen molar-refractivity contribution in [2.24, 2.45) is 0 Å². The van der Waals surface area contributed by atoms with Crippen LogP contribution in [0.5, 0.6) is 5.75 Å². The summed E-state index contributed by atoms with van der Waals surface area (Å²) in [6.07, 6.45) is 0.0427. The predicted molar refractivity (Wildman–Crippen MR) is 52.0 cm³/mol. The first kappa shape index (κ1) is 10.1. The molecule has 1 aromatic carbocycles. The number of halogens is 1. The van der Waals surface area contributed by atoms with Crippen LogP contribution < -0.4 is 4.74 Å². The Morgan fingerprint density at radius 3 is 2.54 bits per heavy atom. The SMILES string of the molecule is CC[C@H](Oc1ccccc1)C(=O)Cl. The molecule has 0 heterocycles. The number of hydrogen-bond donors (Lipinski definition) is 0. The first-order valence-electron chi connectivity index (χ1n) is 4.15. The highest BCUT2D eigenvalue weighted by Gasteiger charge is 2.14. The van der Waals surface area contributed by atoms with Crippen LogP contribution in [-0.4, -0.2) is 11.3 Å². The maximum Gasteiger partial charge on any atom is 0.262 e. The average molecular weight is 199 g/mol. The molecule has 0 amide bonds. The fraction of sp³-hybridized carbons (Fsp3) is 0.300. The van der Waals surface area contributed by atoms with Crippen LogP contribution >= 0.6 is 11.6 Å². The van der Waals surface area contributed by atoms with E-state index >= 15 is 0 Å². The molecule has 0 aromatic heterocycles. The fourth-order valence-corrected chi connectivity index (χ4v) is 1.15. The van der Waals surface area contributed by atoms with E-state index in [-0.39, 0.29) is 0 Å². The van der Waals surface area contributed by atoms with Crippen molar-refractivity contribution in [1.29, 1.82) is 0 Å². The fourth-order valence-electron chi connectivity index (χ4n) is 0.953. The Balaban J connectivity index is 2.62. The van der Waals surface area contributed by atoms with Crippen molar-refractivity contribution < 1.29 is 9.53 Å². The molecule has 1 aromatic rings. The minimum atomic E-state index is -0.538. The van der Waals surface area contributed by atoms with Crippen LogP contribution in [0.2, 0.25) is 0 Å². The van der Waals surface area contributed by atoms with Gasteiger partial charge in [0.25, 0.3) is 5.24 Å². The number of para-hydroxylation sites is 1. The lowest BCUT2D eigenvalue weighted by atomic mass is 10.3. The molecule has 0 N–H and O–H groups in total. The van der Waals surface area contributed by atoms with Gasteiger partial charge in [0.1, 0.15) is 5.75 Å². The summed E-state index contributed by atoms with van der Waals surface area (Å²) < 4.78 is 5.34. The summed E-state index contributed by atoms with van der Waals surface area (Å²) in [5.41, 5.74) is 0. The van der Waals surface area contributed by atoms with Gasteiger partial charge in [-0.3, -0.25) is 4.79 Å². The highest BCUT2D eigenvalue weighted by molar-refractivity contribution is 6.64. The molecule has 0 unspecified atom stereocenters. The third-order valence-electron chi connectivity index (χ3n) is 1.65. The summed E-state index contributed by atoms with van der Waals surface area (Å²) in [7, 11) is 0. The lowest BCUT2D eigenvalue weighted by Crippen LogP contribution is -2.22. The molecular formula is C10H11ClO2. The Morgan fingerprint density at radius 1 is 1.46 bits per heavy atom. The summed E-state index contributed by atoms with van der Waals surface area (Å²) in [5.74, 6) is 0.670. The smallest absolute Gasteiger partial charge is 0.262 e. The van der Waals surface area contributed by atoms with Crippen LogP contribution in [0, 0.1) is 0 Å². The zero-order valence-corrected chi connectivity index (χ0v) is 8.12. The molecule has 13 heavy (non-hydrogen) atoms. The van der Waals surface area contributed by atoms with Crippen molar-refractivity contribution >= 4 is 16.8 Å². The van der Waals surface area contributed by atoms with Gasteiger partial charge in [0.2, 0.25) is 0 Å². The van der Waals surface area contributed by atoms with E-state index in [0.717, 1.165) is 0 Å². The number of rotatable bonds is 4. The highest BCUT2D eigenvalue weighted by Crippen LogP contribution is 2.13. The summed E-state index contributed by atoms with van der Waals surface area (Å²) in [6.45, 7) is 1.86. The Kier molecular flexibility index (Phi) is 3.77. The van der Waals surface area contributed by atoms with Gasteiger partial charge >= 0.3 is 0 Å². The summed E-state index contributed by atoms with van der Waals surface area (Å²) in [4.78, 5) is 10.8. The van der Waals surface area contributed by atoms with Crippen molar-refractivity contribution in [2.75, 3.05) is 0 Å². The Bertz CT molecular complexity index is 272. The normalized spacial score (nSPS) is 12.2. The number of hydrogen-bond acceptors (Lipinski definition) is 2. The molecule has 70 valence electrons. The number of benzene rings is 1. The minimum Gasteiger partial charge on any atom is -0.481 e. The summed E-state index contributed by atoms with van der Waals surface area (Å²) >= 11 is 5.33. The van der Waals surface area contributed by atoms with Crippen LogP contribution in [0.15, 0.2) is 30.3 Å². The molecular weight excluding hydrogens is 188 g/mol. The predicted octanol–water partition coefficient (Wildman–Crippen LogP) is 2.61. The Morgan fingerprint density at radius 2 is 2.08 bits per heavy atom. The van der Waals surface area contributed by atoms with E-state index in [1.165, 1.54) is 0 Å². The van der Waals surface area contributed by atoms with Crippen LogP contribution in [0.4, 0.5) is 0 Å². The first-order valence-corrected chi connectivity index (χ1v) is 4.53. The second-order valence-corrected chi connectivity index (χ2v) is 3.00. The van der Waals surface area contributed by atoms with Crippen LogP contribution in [-0.2, 0) is 4.79 Å². The van der Waals surface area contributed by atoms with Gasteiger partial charge < -0.3 is 4.74 Å². The third-order valence-corrected chi connectivity index (χ3v) is 1.89. The third kappa shape index (κ3) is 3.07. The maximum absolute atomic E-state index is 10.8. The minimum absolute atomic E-state index is 0.452. The summed E-state index contributed by atoms with van der Waals surface area (Å²) in [6, 6.07) is 9.17. The molecule has 0 fully saturated rings. The van der Waals surface area contributed by atoms with Gasteiger partial charge in [-0.15, -0.1) is 0 Å². The van der Waals surface area contributed by atoms with Gasteiger partial charge in [-0.25, -0.2) is 0 Å². The van der Waals surface area contributed by atoms with Gasteiger partial charge in [0, 0.05) is 0 Å². The number of carbonyl (C=O) groups excluding carboxylic acids is 1. The lowest BCUT2D eigenvalue weighted by Gasteiger charge is -2.12. The van der Waals surface area contributed by atoms with Gasteiger partial charge in [0.15, 0.2) is 6.10 Å². The van der Waals surface area contributed by atoms with E-state index < -0.39 is 11.3 Å². The molecule has 2 nitrogen and oxygen atoms in total. The van der Waals surface area contributed by atoms with Gasteiger partial charge in [0.05, 0.1) is 0 Å². The van der Waals surface area contributed by atoms with E-state index in [9.17, 15) is 4.79 Å². The summed E-state index contributed by atoms with van der Waals surface area (Å²) in [5, 5.41) is -0.452. The van der Waals surface area contributed by atoms with Crippen LogP contribution in [0.25, 0.3) is 0 Å². The standard InChI is InChI=1S/C10H11ClO2/c1-2-9(10(11)12)13-8-6-4-3-5-7-8/h3-7,9H,2H2,1H3/t9-/m0/s1. The molecule has 0 saturated heterocycles. The average Bonchev–Trinajstić information content (AvgIpc) is 2.15.